The van der Waals surface area contributed by atoms with Gasteiger partial charge in [0.1, 0.15) is 11.5 Å². The van der Waals surface area contributed by atoms with Gasteiger partial charge in [-0.05, 0) is 37.3 Å². The van der Waals surface area contributed by atoms with Gasteiger partial charge >= 0.3 is 0 Å². The van der Waals surface area contributed by atoms with E-state index in [1.54, 1.807) is 38.3 Å². The van der Waals surface area contributed by atoms with Crippen LogP contribution < -0.4 is 14.8 Å². The van der Waals surface area contributed by atoms with Crippen molar-refractivity contribution in [2.75, 3.05) is 14.2 Å². The second-order valence-electron chi connectivity index (χ2n) is 6.18. The third kappa shape index (κ3) is 4.70. The third-order valence-electron chi connectivity index (χ3n) is 4.35. The monoisotopic (exact) mass is 397 g/mol. The van der Waals surface area contributed by atoms with Gasteiger partial charge in [-0.3, -0.25) is 4.79 Å². The number of nitrogens with one attached hydrogen (secondary N) is 1. The molecule has 3 rings (SSSR count). The molecular formula is C22H23NO4S. The van der Waals surface area contributed by atoms with E-state index in [0.29, 0.717) is 23.0 Å². The van der Waals surface area contributed by atoms with Crippen LogP contribution in [-0.4, -0.2) is 20.1 Å². The summed E-state index contributed by atoms with van der Waals surface area (Å²) in [4.78, 5) is 13.9. The summed E-state index contributed by atoms with van der Waals surface area (Å²) < 4.78 is 16.1. The van der Waals surface area contributed by atoms with Crippen LogP contribution in [0.15, 0.2) is 70.2 Å². The summed E-state index contributed by atoms with van der Waals surface area (Å²) in [5.74, 6) is 2.10. The summed E-state index contributed by atoms with van der Waals surface area (Å²) in [6.45, 7) is 1.91. The van der Waals surface area contributed by atoms with Crippen molar-refractivity contribution in [3.05, 3.63) is 77.7 Å². The molecular weight excluding hydrogens is 374 g/mol. The van der Waals surface area contributed by atoms with E-state index in [-0.39, 0.29) is 11.9 Å². The lowest BCUT2D eigenvalue weighted by molar-refractivity contribution is 0.0910. The number of benzene rings is 2. The Hall–Kier alpha value is -2.86. The van der Waals surface area contributed by atoms with Crippen molar-refractivity contribution in [2.45, 2.75) is 23.6 Å². The maximum Gasteiger partial charge on any atom is 0.287 e. The van der Waals surface area contributed by atoms with Crippen molar-refractivity contribution >= 4 is 17.7 Å². The van der Waals surface area contributed by atoms with Crippen molar-refractivity contribution in [3.8, 4) is 11.5 Å². The molecule has 6 heteroatoms. The van der Waals surface area contributed by atoms with Crippen LogP contribution >= 0.6 is 11.8 Å². The van der Waals surface area contributed by atoms with Crippen LogP contribution in [0.2, 0.25) is 0 Å². The molecule has 1 amide bonds. The lowest BCUT2D eigenvalue weighted by Gasteiger charge is -2.18. The van der Waals surface area contributed by atoms with Gasteiger partial charge < -0.3 is 19.2 Å². The van der Waals surface area contributed by atoms with Gasteiger partial charge in [-0.2, -0.15) is 0 Å². The molecule has 1 aromatic heterocycles. The Kier molecular flexibility index (Phi) is 6.66. The Morgan fingerprint density at radius 1 is 1.11 bits per heavy atom. The molecule has 1 atom stereocenters. The van der Waals surface area contributed by atoms with Gasteiger partial charge in [0.05, 0.1) is 26.5 Å². The number of carbonyl (C=O) groups is 1. The first-order valence-corrected chi connectivity index (χ1v) is 9.88. The molecule has 1 N–H and O–H groups in total. The van der Waals surface area contributed by atoms with E-state index in [9.17, 15) is 4.79 Å². The first-order valence-electron chi connectivity index (χ1n) is 8.89. The third-order valence-corrected chi connectivity index (χ3v) is 5.41. The predicted octanol–water partition coefficient (Wildman–Crippen LogP) is 5.08. The minimum atomic E-state index is -0.256. The number of thioether (sulfide) groups is 1. The summed E-state index contributed by atoms with van der Waals surface area (Å²) in [6.07, 6.45) is 1.55. The fourth-order valence-electron chi connectivity index (χ4n) is 2.84. The highest BCUT2D eigenvalue weighted by atomic mass is 32.2. The van der Waals surface area contributed by atoms with Crippen molar-refractivity contribution in [2.24, 2.45) is 0 Å². The predicted molar refractivity (Wildman–Crippen MR) is 110 cm³/mol. The molecule has 28 heavy (non-hydrogen) atoms. The Morgan fingerprint density at radius 3 is 2.61 bits per heavy atom. The van der Waals surface area contributed by atoms with Gasteiger partial charge in [0, 0.05) is 27.8 Å². The van der Waals surface area contributed by atoms with Gasteiger partial charge in [0.2, 0.25) is 0 Å². The van der Waals surface area contributed by atoms with E-state index in [4.69, 9.17) is 13.9 Å². The second-order valence-corrected chi connectivity index (χ2v) is 7.23. The topological polar surface area (TPSA) is 60.7 Å². The van der Waals surface area contributed by atoms with E-state index in [2.05, 4.69) is 5.32 Å². The molecule has 5 nitrogen and oxygen atoms in total. The number of rotatable bonds is 8. The number of amides is 1. The molecule has 0 spiro atoms. The van der Waals surface area contributed by atoms with Gasteiger partial charge in [-0.1, -0.05) is 18.2 Å². The Bertz CT molecular complexity index is 923. The van der Waals surface area contributed by atoms with Gasteiger partial charge in [0.25, 0.3) is 5.91 Å². The number of furan rings is 1. The summed E-state index contributed by atoms with van der Waals surface area (Å²) in [5, 5.41) is 2.99. The van der Waals surface area contributed by atoms with Crippen molar-refractivity contribution < 1.29 is 18.7 Å². The Balaban J connectivity index is 1.69. The molecule has 3 aromatic rings. The number of hydrogen-bond acceptors (Lipinski definition) is 5. The van der Waals surface area contributed by atoms with Crippen LogP contribution in [-0.2, 0) is 5.75 Å². The molecule has 2 aromatic carbocycles. The Labute approximate surface area is 169 Å². The minimum absolute atomic E-state index is 0.251. The minimum Gasteiger partial charge on any atom is -0.497 e. The molecule has 0 aliphatic heterocycles. The normalized spacial score (nSPS) is 11.7. The van der Waals surface area contributed by atoms with Crippen molar-refractivity contribution in [1.82, 2.24) is 5.32 Å². The maximum absolute atomic E-state index is 12.8. The largest absolute Gasteiger partial charge is 0.497 e. The molecule has 0 saturated carbocycles. The summed E-state index contributed by atoms with van der Waals surface area (Å²) in [7, 11) is 3.20. The number of hydrogen-bond donors (Lipinski definition) is 1. The molecule has 0 aliphatic carbocycles. The number of carbonyl (C=O) groups excluding carboxylic acids is 1. The van der Waals surface area contributed by atoms with Crippen LogP contribution in [0.3, 0.4) is 0 Å². The SMILES string of the molecule is COc1ccc(C(C)NC(=O)c2occc2CSc2ccccc2)c(OC)c1. The molecule has 1 heterocycles. The molecule has 0 bridgehead atoms. The van der Waals surface area contributed by atoms with E-state index >= 15 is 0 Å². The van der Waals surface area contributed by atoms with E-state index in [1.807, 2.05) is 55.5 Å². The molecule has 0 aliphatic rings. The summed E-state index contributed by atoms with van der Waals surface area (Å²) in [6, 6.07) is 17.2. The standard InChI is InChI=1S/C22H23NO4S/c1-15(19-10-9-17(25-2)13-20(19)26-3)23-22(24)21-16(11-12-27-21)14-28-18-7-5-4-6-8-18/h4-13,15H,14H2,1-3H3,(H,23,24). The average molecular weight is 397 g/mol. The highest BCUT2D eigenvalue weighted by molar-refractivity contribution is 7.98. The molecule has 146 valence electrons. The lowest BCUT2D eigenvalue weighted by atomic mass is 10.1. The zero-order valence-corrected chi connectivity index (χ0v) is 16.9. The highest BCUT2D eigenvalue weighted by Crippen LogP contribution is 2.30. The van der Waals surface area contributed by atoms with E-state index < -0.39 is 0 Å². The Morgan fingerprint density at radius 2 is 1.89 bits per heavy atom. The molecule has 0 saturated heterocycles. The van der Waals surface area contributed by atoms with Crippen LogP contribution in [0.5, 0.6) is 11.5 Å². The van der Waals surface area contributed by atoms with Crippen LogP contribution in [0.25, 0.3) is 0 Å². The van der Waals surface area contributed by atoms with Crippen LogP contribution in [0.4, 0.5) is 0 Å². The van der Waals surface area contributed by atoms with Crippen molar-refractivity contribution in [3.63, 3.8) is 0 Å². The van der Waals surface area contributed by atoms with Crippen molar-refractivity contribution in [1.29, 1.82) is 0 Å². The van der Waals surface area contributed by atoms with E-state index in [0.717, 1.165) is 16.0 Å². The maximum atomic E-state index is 12.8. The first kappa shape index (κ1) is 19.9. The fourth-order valence-corrected chi connectivity index (χ4v) is 3.74. The zero-order valence-electron chi connectivity index (χ0n) is 16.1. The number of ether oxygens (including phenoxy) is 2. The van der Waals surface area contributed by atoms with Crippen LogP contribution in [0, 0.1) is 0 Å². The smallest absolute Gasteiger partial charge is 0.287 e. The fraction of sp³-hybridized carbons (Fsp3) is 0.227. The van der Waals surface area contributed by atoms with E-state index in [1.165, 1.54) is 0 Å². The van der Waals surface area contributed by atoms with Gasteiger partial charge in [-0.15, -0.1) is 11.8 Å². The molecule has 1 unspecified atom stereocenters. The second kappa shape index (κ2) is 9.37. The summed E-state index contributed by atoms with van der Waals surface area (Å²) >= 11 is 1.66. The summed E-state index contributed by atoms with van der Waals surface area (Å²) in [5.41, 5.74) is 1.73. The zero-order chi connectivity index (χ0) is 19.9. The molecule has 0 radical (unpaired) electrons. The quantitative estimate of drug-likeness (QED) is 0.537. The van der Waals surface area contributed by atoms with Crippen LogP contribution in [0.1, 0.15) is 34.6 Å². The van der Waals surface area contributed by atoms with Gasteiger partial charge in [0.15, 0.2) is 5.76 Å². The average Bonchev–Trinajstić information content (AvgIpc) is 3.21. The van der Waals surface area contributed by atoms with Gasteiger partial charge in [-0.25, -0.2) is 0 Å². The first-order chi connectivity index (χ1) is 13.6. The highest BCUT2D eigenvalue weighted by Gasteiger charge is 2.20. The lowest BCUT2D eigenvalue weighted by Crippen LogP contribution is -2.27. The number of methoxy groups -OCH3 is 2. The molecule has 0 fully saturated rings.